The minimum Gasteiger partial charge on any atom is -0.455 e. The van der Waals surface area contributed by atoms with E-state index in [9.17, 15) is 24.3 Å². The van der Waals surface area contributed by atoms with Crippen LogP contribution in [0.5, 0.6) is 0 Å². The molecule has 10 heteroatoms. The zero-order valence-electron chi connectivity index (χ0n) is 27.9. The topological polar surface area (TPSA) is 125 Å². The minimum absolute atomic E-state index is 0.0864. The number of fused-ring (bicyclic) bond motifs is 1. The first-order valence-electron chi connectivity index (χ1n) is 17.4. The number of carbonyl (C=O) groups is 4. The summed E-state index contributed by atoms with van der Waals surface area (Å²) in [6, 6.07) is 8.40. The van der Waals surface area contributed by atoms with Gasteiger partial charge in [-0.1, -0.05) is 75.1 Å². The lowest BCUT2D eigenvalue weighted by Crippen LogP contribution is -2.56. The Balaban J connectivity index is 1.60. The molecule has 0 aliphatic carbocycles. The molecule has 0 saturated carbocycles. The number of nitrogens with zero attached hydrogens (tertiary/aromatic N) is 2. The molecule has 3 aliphatic rings. The number of carbonyl (C=O) groups excluding carboxylic acids is 4. The van der Waals surface area contributed by atoms with Crippen LogP contribution in [0.4, 0.5) is 0 Å². The summed E-state index contributed by atoms with van der Waals surface area (Å²) >= 11 is 0. The van der Waals surface area contributed by atoms with Crippen molar-refractivity contribution >= 4 is 23.7 Å². The molecule has 1 spiro atoms. The van der Waals surface area contributed by atoms with Crippen LogP contribution in [0.25, 0.3) is 0 Å². The summed E-state index contributed by atoms with van der Waals surface area (Å²) in [6.45, 7) is 11.1. The van der Waals surface area contributed by atoms with Crippen molar-refractivity contribution in [2.75, 3.05) is 32.8 Å². The fourth-order valence-corrected chi connectivity index (χ4v) is 7.50. The molecule has 0 radical (unpaired) electrons. The summed E-state index contributed by atoms with van der Waals surface area (Å²) in [4.78, 5) is 58.8. The first-order chi connectivity index (χ1) is 22.8. The number of aliphatic hydroxyl groups excluding tert-OH is 1. The van der Waals surface area contributed by atoms with Gasteiger partial charge in [0.1, 0.15) is 17.7 Å². The summed E-state index contributed by atoms with van der Waals surface area (Å²) in [5, 5.41) is 12.1. The third-order valence-corrected chi connectivity index (χ3v) is 9.80. The number of unbranched alkanes of at least 4 members (excludes halogenated alkanes) is 5. The summed E-state index contributed by atoms with van der Waals surface area (Å²) in [7, 11) is 0. The molecule has 0 unspecified atom stereocenters. The number of aliphatic hydroxyl groups is 1. The lowest BCUT2D eigenvalue weighted by molar-refractivity contribution is -0.160. The molecule has 47 heavy (non-hydrogen) atoms. The molecule has 3 amide bonds. The largest absolute Gasteiger partial charge is 0.455 e. The number of nitrogens with one attached hydrogen (secondary N) is 1. The van der Waals surface area contributed by atoms with Crippen LogP contribution in [0.2, 0.25) is 0 Å². The number of esters is 1. The smallest absolute Gasteiger partial charge is 0.313 e. The molecule has 2 N–H and O–H groups in total. The van der Waals surface area contributed by atoms with Crippen LogP contribution < -0.4 is 5.32 Å². The number of rotatable bonds is 21. The summed E-state index contributed by atoms with van der Waals surface area (Å²) < 4.78 is 12.8. The van der Waals surface area contributed by atoms with Crippen molar-refractivity contribution in [1.82, 2.24) is 15.1 Å². The molecule has 3 fully saturated rings. The van der Waals surface area contributed by atoms with E-state index in [0.717, 1.165) is 37.7 Å². The lowest BCUT2D eigenvalue weighted by atomic mass is 9.70. The Bertz CT molecular complexity index is 1240. The Morgan fingerprint density at radius 1 is 1.13 bits per heavy atom. The van der Waals surface area contributed by atoms with Crippen LogP contribution in [0, 0.1) is 11.8 Å². The van der Waals surface area contributed by atoms with E-state index in [2.05, 4.69) is 25.4 Å². The van der Waals surface area contributed by atoms with Crippen molar-refractivity contribution in [2.24, 2.45) is 11.8 Å². The first kappa shape index (κ1) is 36.3. The van der Waals surface area contributed by atoms with E-state index >= 15 is 0 Å². The summed E-state index contributed by atoms with van der Waals surface area (Å²) in [5.41, 5.74) is -0.384. The average Bonchev–Trinajstić information content (AvgIpc) is 3.72. The monoisotopic (exact) mass is 651 g/mol. The highest BCUT2D eigenvalue weighted by Gasteiger charge is 2.75. The molecule has 1 aromatic rings. The van der Waals surface area contributed by atoms with E-state index < -0.39 is 41.7 Å². The number of amides is 3. The van der Waals surface area contributed by atoms with Gasteiger partial charge >= 0.3 is 5.97 Å². The maximum absolute atomic E-state index is 14.4. The maximum atomic E-state index is 14.4. The Morgan fingerprint density at radius 2 is 1.89 bits per heavy atom. The van der Waals surface area contributed by atoms with Gasteiger partial charge in [-0.3, -0.25) is 19.2 Å². The van der Waals surface area contributed by atoms with Gasteiger partial charge in [-0.05, 0) is 44.1 Å². The second-order valence-corrected chi connectivity index (χ2v) is 13.0. The van der Waals surface area contributed by atoms with Crippen LogP contribution in [-0.4, -0.2) is 89.1 Å². The second-order valence-electron chi connectivity index (χ2n) is 13.0. The third kappa shape index (κ3) is 8.33. The van der Waals surface area contributed by atoms with Gasteiger partial charge in [0.25, 0.3) is 0 Å². The molecule has 6 atom stereocenters. The van der Waals surface area contributed by atoms with Gasteiger partial charge in [-0.15, -0.1) is 13.2 Å². The van der Waals surface area contributed by atoms with Crippen LogP contribution in [0.1, 0.15) is 89.2 Å². The van der Waals surface area contributed by atoms with E-state index in [1.165, 1.54) is 0 Å². The van der Waals surface area contributed by atoms with Gasteiger partial charge in [-0.2, -0.15) is 0 Å². The molecule has 1 aromatic carbocycles. The predicted octanol–water partition coefficient (Wildman–Crippen LogP) is 4.49. The van der Waals surface area contributed by atoms with Gasteiger partial charge in [0, 0.05) is 32.7 Å². The van der Waals surface area contributed by atoms with E-state index in [0.29, 0.717) is 51.7 Å². The highest BCUT2D eigenvalue weighted by molar-refractivity contribution is 5.98. The standard InChI is InChI=1S/C37H53N3O7/c1-4-7-14-23-39(22-6-3)35(44)33-37-21-20-28(47-37)31(32(37)34(43)40(33)24-15-9-10-16-25-41)36(45)46-29(27-17-12-11-13-18-27)26-38-30(42)19-8-5-2/h5-6,11-13,17-18,28-29,31-33,41H,2-4,7-10,14-16,19-26H2,1H3,(H,38,42)/t28-,29-,31+,32+,33-,37+/m0/s1. The second kappa shape index (κ2) is 17.6. The first-order valence-corrected chi connectivity index (χ1v) is 17.4. The van der Waals surface area contributed by atoms with E-state index in [4.69, 9.17) is 9.47 Å². The predicted molar refractivity (Wildman–Crippen MR) is 179 cm³/mol. The van der Waals surface area contributed by atoms with Gasteiger partial charge < -0.3 is 29.7 Å². The van der Waals surface area contributed by atoms with Crippen LogP contribution in [-0.2, 0) is 28.7 Å². The number of allylic oxidation sites excluding steroid dienone is 1. The Hall–Kier alpha value is -3.50. The summed E-state index contributed by atoms with van der Waals surface area (Å²) in [5.74, 6) is -2.82. The number of ether oxygens (including phenoxy) is 2. The molecular formula is C37H53N3O7. The van der Waals surface area contributed by atoms with Crippen molar-refractivity contribution in [3.05, 3.63) is 61.2 Å². The lowest BCUT2D eigenvalue weighted by Gasteiger charge is -2.37. The Kier molecular flexibility index (Phi) is 13.6. The van der Waals surface area contributed by atoms with E-state index in [1.54, 1.807) is 22.0 Å². The van der Waals surface area contributed by atoms with Gasteiger partial charge in [0.15, 0.2) is 0 Å². The molecule has 2 bridgehead atoms. The van der Waals surface area contributed by atoms with Crippen molar-refractivity contribution < 1.29 is 33.8 Å². The number of hydrogen-bond acceptors (Lipinski definition) is 7. The van der Waals surface area contributed by atoms with E-state index in [-0.39, 0.29) is 37.3 Å². The highest BCUT2D eigenvalue weighted by Crippen LogP contribution is 2.59. The summed E-state index contributed by atoms with van der Waals surface area (Å²) in [6.07, 6.45) is 9.79. The van der Waals surface area contributed by atoms with Crippen LogP contribution >= 0.6 is 0 Å². The fraction of sp³-hybridized carbons (Fsp3) is 0.622. The van der Waals surface area contributed by atoms with Crippen molar-refractivity contribution in [3.63, 3.8) is 0 Å². The van der Waals surface area contributed by atoms with Crippen LogP contribution in [0.3, 0.4) is 0 Å². The number of benzene rings is 1. The highest BCUT2D eigenvalue weighted by atomic mass is 16.6. The van der Waals surface area contributed by atoms with Gasteiger partial charge in [0.2, 0.25) is 17.7 Å². The zero-order chi connectivity index (χ0) is 33.8. The molecule has 3 heterocycles. The molecule has 3 aliphatic heterocycles. The van der Waals surface area contributed by atoms with Gasteiger partial charge in [0.05, 0.1) is 24.5 Å². The van der Waals surface area contributed by atoms with Gasteiger partial charge in [-0.25, -0.2) is 0 Å². The molecule has 10 nitrogen and oxygen atoms in total. The molecule has 4 rings (SSSR count). The van der Waals surface area contributed by atoms with Crippen molar-refractivity contribution in [2.45, 2.75) is 101 Å². The molecule has 258 valence electrons. The quantitative estimate of drug-likeness (QED) is 0.114. The number of hydrogen-bond donors (Lipinski definition) is 2. The third-order valence-electron chi connectivity index (χ3n) is 9.80. The number of likely N-dealkylation sites (tertiary alicyclic amines) is 1. The molecular weight excluding hydrogens is 598 g/mol. The van der Waals surface area contributed by atoms with Crippen LogP contribution in [0.15, 0.2) is 55.6 Å². The SMILES string of the molecule is C=CCCC(=O)NC[C@H](OC(=O)[C@@H]1[C@@H]2CC[C@]3(O2)[C@H](C(=O)N(CC=C)CCCCC)N(CCCCCCO)C(=O)[C@@H]13)c1ccccc1. The Morgan fingerprint density at radius 3 is 2.60 bits per heavy atom. The normalized spacial score (nSPS) is 24.9. The fourth-order valence-electron chi connectivity index (χ4n) is 7.50. The van der Waals surface area contributed by atoms with E-state index in [1.807, 2.05) is 30.3 Å². The zero-order valence-corrected chi connectivity index (χ0v) is 27.9. The van der Waals surface area contributed by atoms with Crippen molar-refractivity contribution in [3.8, 4) is 0 Å². The maximum Gasteiger partial charge on any atom is 0.313 e. The Labute approximate surface area is 279 Å². The minimum atomic E-state index is -1.11. The average molecular weight is 652 g/mol. The molecule has 3 saturated heterocycles. The molecule has 0 aromatic heterocycles. The van der Waals surface area contributed by atoms with Crippen molar-refractivity contribution in [1.29, 1.82) is 0 Å².